The monoisotopic (exact) mass is 723 g/mol. The summed E-state index contributed by atoms with van der Waals surface area (Å²) in [7, 11) is 0. The highest BCUT2D eigenvalue weighted by Crippen LogP contribution is 2.23. The minimum atomic E-state index is -0.317. The van der Waals surface area contributed by atoms with Gasteiger partial charge in [0, 0.05) is 38.4 Å². The number of Topliss-reactive ketones (excluding diaryl/α,β-unsaturated/α-hetero) is 1. The number of unbranched alkanes of at least 4 members (excludes halogenated alkanes) is 1. The summed E-state index contributed by atoms with van der Waals surface area (Å²) in [5.74, 6) is -0.107. The number of ketones is 1. The molecule has 1 saturated heterocycles. The van der Waals surface area contributed by atoms with E-state index in [4.69, 9.17) is 9.94 Å². The van der Waals surface area contributed by atoms with E-state index in [1.54, 1.807) is 0 Å². The molecule has 3 N–H and O–H groups in total. The number of benzene rings is 1. The quantitative estimate of drug-likeness (QED) is 0.0818. The van der Waals surface area contributed by atoms with Gasteiger partial charge in [0.05, 0.1) is 12.3 Å². The Morgan fingerprint density at radius 1 is 1.02 bits per heavy atom. The normalized spacial score (nSPS) is 13.6. The van der Waals surface area contributed by atoms with Gasteiger partial charge in [0.1, 0.15) is 18.0 Å². The summed E-state index contributed by atoms with van der Waals surface area (Å²) in [5, 5.41) is 19.7. The van der Waals surface area contributed by atoms with Crippen molar-refractivity contribution < 1.29 is 29.1 Å². The van der Waals surface area contributed by atoms with E-state index in [9.17, 15) is 19.2 Å². The molecule has 1 aromatic carbocycles. The zero-order chi connectivity index (χ0) is 39.3. The summed E-state index contributed by atoms with van der Waals surface area (Å²) >= 11 is 0. The van der Waals surface area contributed by atoms with E-state index >= 15 is 0 Å². The van der Waals surface area contributed by atoms with Crippen LogP contribution in [0, 0.1) is 0 Å². The maximum absolute atomic E-state index is 12.3. The Kier molecular flexibility index (Phi) is 26.6. The lowest BCUT2D eigenvalue weighted by Crippen LogP contribution is -2.38. The van der Waals surface area contributed by atoms with Crippen molar-refractivity contribution in [3.8, 4) is 0 Å². The fourth-order valence-corrected chi connectivity index (χ4v) is 4.84. The predicted octanol–water partition coefficient (Wildman–Crippen LogP) is 8.22. The molecule has 2 fully saturated rings. The zero-order valence-electron chi connectivity index (χ0n) is 32.8. The number of aromatic nitrogens is 2. The summed E-state index contributed by atoms with van der Waals surface area (Å²) in [6.45, 7) is 21.6. The Morgan fingerprint density at radius 3 is 2.13 bits per heavy atom. The minimum absolute atomic E-state index is 0.0257. The summed E-state index contributed by atoms with van der Waals surface area (Å²) in [6, 6.07) is 11.2. The first-order valence-electron chi connectivity index (χ1n) is 18.8. The topological polar surface area (TPSA) is 143 Å². The van der Waals surface area contributed by atoms with Crippen molar-refractivity contribution in [3.63, 3.8) is 0 Å². The van der Waals surface area contributed by atoms with Crippen LogP contribution in [0.4, 0.5) is 0 Å². The molecule has 0 bridgehead atoms. The smallest absolute Gasteiger partial charge is 0.271 e. The predicted molar refractivity (Wildman–Crippen MR) is 209 cm³/mol. The lowest BCUT2D eigenvalue weighted by atomic mass is 9.95. The molecular weight excluding hydrogens is 658 g/mol. The maximum atomic E-state index is 12.3. The zero-order valence-corrected chi connectivity index (χ0v) is 32.8. The Balaban J connectivity index is 0.000000796. The standard InChI is InChI=1S/C18H28N4O3.C10H15NO2.C7H8O.C4H8.C2H6/c1-3-4-10-19-18(25)15-11-16(13(2)23)22(21-15)12-17(24)20-14-8-6-5-7-9-14;1-4-5-9(3)13-11-8(2)6-7-10(11)12;8-6-7-4-2-1-3-5-7;1-3-4-2;1-2/h11,14H,3-10,12H2,1-2H3,(H,19,25)(H,20,24);2-7H2,1H3;1-5,8H,6H2;3-4H,1-2H3;1-2H3/b;;;4-3-;. The van der Waals surface area contributed by atoms with E-state index in [-0.39, 0.29) is 54.1 Å². The van der Waals surface area contributed by atoms with Crippen molar-refractivity contribution in [2.75, 3.05) is 6.54 Å². The van der Waals surface area contributed by atoms with Crippen molar-refractivity contribution in [1.82, 2.24) is 25.5 Å². The molecule has 1 aliphatic heterocycles. The molecule has 1 aromatic heterocycles. The number of carbonyl (C=O) groups excluding carboxylic acids is 4. The van der Waals surface area contributed by atoms with Gasteiger partial charge in [-0.1, -0.05) is 109 Å². The van der Waals surface area contributed by atoms with Gasteiger partial charge in [0.2, 0.25) is 5.91 Å². The number of allylic oxidation sites excluding steroid dienone is 4. The molecule has 4 rings (SSSR count). The van der Waals surface area contributed by atoms with Crippen molar-refractivity contribution in [2.45, 2.75) is 138 Å². The SMILES string of the molecule is C/C=C\C.C=C(CCC)ON1C(=C)CCC1=O.CC.CCCCNC(=O)c1cc(C(C)=O)n(CC(=O)NC2CCCCC2)n1.OCc1ccccc1. The first-order chi connectivity index (χ1) is 25.0. The first-order valence-corrected chi connectivity index (χ1v) is 18.8. The van der Waals surface area contributed by atoms with E-state index in [0.29, 0.717) is 25.1 Å². The van der Waals surface area contributed by atoms with Crippen LogP contribution in [-0.2, 0) is 27.6 Å². The highest BCUT2D eigenvalue weighted by atomic mass is 16.7. The summed E-state index contributed by atoms with van der Waals surface area (Å²) in [4.78, 5) is 52.7. The number of hydroxylamine groups is 2. The van der Waals surface area contributed by atoms with Gasteiger partial charge in [0.15, 0.2) is 11.5 Å². The molecule has 11 nitrogen and oxygen atoms in total. The molecule has 11 heteroatoms. The lowest BCUT2D eigenvalue weighted by molar-refractivity contribution is -0.157. The van der Waals surface area contributed by atoms with Crippen molar-refractivity contribution >= 4 is 23.5 Å². The Labute approximate surface area is 312 Å². The highest BCUT2D eigenvalue weighted by Gasteiger charge is 2.26. The largest absolute Gasteiger partial charge is 0.392 e. The summed E-state index contributed by atoms with van der Waals surface area (Å²) in [6.07, 6.45) is 14.3. The summed E-state index contributed by atoms with van der Waals surface area (Å²) < 4.78 is 1.33. The fourth-order valence-electron chi connectivity index (χ4n) is 4.84. The van der Waals surface area contributed by atoms with Gasteiger partial charge in [-0.15, -0.1) is 5.06 Å². The third-order valence-electron chi connectivity index (χ3n) is 7.70. The van der Waals surface area contributed by atoms with Crippen LogP contribution in [0.1, 0.15) is 146 Å². The van der Waals surface area contributed by atoms with Gasteiger partial charge in [-0.3, -0.25) is 23.9 Å². The Hall–Kier alpha value is -4.51. The van der Waals surface area contributed by atoms with E-state index in [1.807, 2.05) is 84.0 Å². The molecule has 2 aromatic rings. The van der Waals surface area contributed by atoms with Crippen LogP contribution in [-0.4, -0.2) is 56.0 Å². The highest BCUT2D eigenvalue weighted by molar-refractivity contribution is 5.98. The number of aliphatic hydroxyl groups excluding tert-OH is 1. The van der Waals surface area contributed by atoms with Crippen molar-refractivity contribution in [2.24, 2.45) is 0 Å². The van der Waals surface area contributed by atoms with Gasteiger partial charge in [0.25, 0.3) is 11.8 Å². The third-order valence-corrected chi connectivity index (χ3v) is 7.70. The van der Waals surface area contributed by atoms with E-state index in [1.165, 1.54) is 29.2 Å². The van der Waals surface area contributed by atoms with Gasteiger partial charge < -0.3 is 20.6 Å². The molecule has 0 unspecified atom stereocenters. The van der Waals surface area contributed by atoms with E-state index < -0.39 is 0 Å². The molecule has 0 spiro atoms. The lowest BCUT2D eigenvalue weighted by Gasteiger charge is -2.22. The van der Waals surface area contributed by atoms with Gasteiger partial charge >= 0.3 is 0 Å². The second-order valence-corrected chi connectivity index (χ2v) is 12.1. The fraction of sp³-hybridized carbons (Fsp3) is 0.537. The maximum Gasteiger partial charge on any atom is 0.271 e. The molecular formula is C41H65N5O6. The molecule has 1 saturated carbocycles. The molecule has 0 atom stereocenters. The first kappa shape index (κ1) is 47.5. The van der Waals surface area contributed by atoms with Crippen LogP contribution in [0.25, 0.3) is 0 Å². The molecule has 2 heterocycles. The molecule has 1 aliphatic carbocycles. The number of aliphatic hydroxyl groups is 1. The number of hydrogen-bond donors (Lipinski definition) is 3. The number of amides is 3. The number of nitrogens with zero attached hydrogens (tertiary/aromatic N) is 3. The molecule has 3 amide bonds. The van der Waals surface area contributed by atoms with Crippen LogP contribution < -0.4 is 10.6 Å². The van der Waals surface area contributed by atoms with Gasteiger partial charge in [-0.25, -0.2) is 0 Å². The van der Waals surface area contributed by atoms with Crippen LogP contribution in [0.2, 0.25) is 0 Å². The molecule has 52 heavy (non-hydrogen) atoms. The number of rotatable bonds is 13. The number of nitrogens with one attached hydrogen (secondary N) is 2. The van der Waals surface area contributed by atoms with E-state index in [2.05, 4.69) is 28.9 Å². The van der Waals surface area contributed by atoms with Crippen molar-refractivity contribution in [3.05, 3.63) is 90.1 Å². The van der Waals surface area contributed by atoms with Crippen molar-refractivity contribution in [1.29, 1.82) is 0 Å². The Bertz CT molecular complexity index is 1360. The van der Waals surface area contributed by atoms with Crippen LogP contribution in [0.3, 0.4) is 0 Å². The van der Waals surface area contributed by atoms with Crippen LogP contribution in [0.15, 0.2) is 73.2 Å². The average Bonchev–Trinajstić information content (AvgIpc) is 3.72. The van der Waals surface area contributed by atoms with Crippen LogP contribution in [0.5, 0.6) is 0 Å². The van der Waals surface area contributed by atoms with Gasteiger partial charge in [-0.2, -0.15) is 5.10 Å². The van der Waals surface area contributed by atoms with Gasteiger partial charge in [-0.05, 0) is 51.5 Å². The number of carbonyl (C=O) groups is 4. The molecule has 0 radical (unpaired) electrons. The third kappa shape index (κ3) is 19.8. The Morgan fingerprint density at radius 2 is 1.65 bits per heavy atom. The van der Waals surface area contributed by atoms with E-state index in [0.717, 1.165) is 62.6 Å². The second kappa shape index (κ2) is 29.1. The second-order valence-electron chi connectivity index (χ2n) is 12.1. The number of hydrogen-bond acceptors (Lipinski definition) is 7. The summed E-state index contributed by atoms with van der Waals surface area (Å²) in [5.41, 5.74) is 2.14. The molecule has 2 aliphatic rings. The van der Waals surface area contributed by atoms with Crippen LogP contribution >= 0.6 is 0 Å². The average molecular weight is 724 g/mol. The molecule has 290 valence electrons. The minimum Gasteiger partial charge on any atom is -0.392 e.